The van der Waals surface area contributed by atoms with E-state index in [-0.39, 0.29) is 23.2 Å². The maximum absolute atomic E-state index is 12.9. The zero-order valence-corrected chi connectivity index (χ0v) is 19.9. The van der Waals surface area contributed by atoms with Crippen molar-refractivity contribution in [1.82, 2.24) is 9.47 Å². The van der Waals surface area contributed by atoms with Gasteiger partial charge in [0.05, 0.1) is 17.5 Å². The number of nitrogens with zero attached hydrogens (tertiary/aromatic N) is 2. The third kappa shape index (κ3) is 4.06. The topological polar surface area (TPSA) is 94.9 Å². The fourth-order valence-electron chi connectivity index (χ4n) is 4.61. The van der Waals surface area contributed by atoms with Crippen molar-refractivity contribution in [2.75, 3.05) is 19.5 Å². The highest BCUT2D eigenvalue weighted by atomic mass is 32.2. The Kier molecular flexibility index (Phi) is 6.09. The third-order valence-corrected chi connectivity index (χ3v) is 7.85. The molecule has 2 aromatic rings. The molecule has 4 rings (SSSR count). The van der Waals surface area contributed by atoms with Gasteiger partial charge in [-0.05, 0) is 57.5 Å². The molecule has 1 amide bonds. The molecule has 9 heteroatoms. The number of aromatic nitrogens is 1. The number of esters is 2. The second-order valence-corrected chi connectivity index (χ2v) is 9.96. The van der Waals surface area contributed by atoms with Gasteiger partial charge in [-0.3, -0.25) is 9.59 Å². The quantitative estimate of drug-likeness (QED) is 0.473. The lowest BCUT2D eigenvalue weighted by Gasteiger charge is -2.29. The molecule has 0 unspecified atom stereocenters. The Morgan fingerprint density at radius 2 is 1.88 bits per heavy atom. The average Bonchev–Trinajstić information content (AvgIpc) is 3.41. The van der Waals surface area contributed by atoms with E-state index >= 15 is 0 Å². The highest BCUT2D eigenvalue weighted by Crippen LogP contribution is 2.47. The fraction of sp³-hybridized carbons (Fsp3) is 0.417. The summed E-state index contributed by atoms with van der Waals surface area (Å²) in [5.74, 6) is -0.836. The van der Waals surface area contributed by atoms with Crippen LogP contribution in [0.25, 0.3) is 5.69 Å². The van der Waals surface area contributed by atoms with Crippen LogP contribution in [0.2, 0.25) is 0 Å². The fourth-order valence-corrected chi connectivity index (χ4v) is 6.03. The second kappa shape index (κ2) is 8.70. The Hall–Kier alpha value is -3.07. The summed E-state index contributed by atoms with van der Waals surface area (Å²) in [6.07, 6.45) is 1.14. The number of carbonyl (C=O) groups is 4. The van der Waals surface area contributed by atoms with Gasteiger partial charge in [-0.2, -0.15) is 0 Å². The standard InChI is InChI=1S/C24H26N2O6S/c1-14-11-18(15(2)25(14)17-7-5-16(6-8-17)22(29)31-4)20(27)12-32-23(30)19-13-33-24(3)10-9-21(28)26(19)24/h5-8,11,19H,9-10,12-13H2,1-4H3/t19-,24-/m0/s1. The molecule has 33 heavy (non-hydrogen) atoms. The van der Waals surface area contributed by atoms with E-state index in [0.717, 1.165) is 11.4 Å². The largest absolute Gasteiger partial charge is 0.465 e. The van der Waals surface area contributed by atoms with Gasteiger partial charge in [-0.1, -0.05) is 0 Å². The average molecular weight is 471 g/mol. The van der Waals surface area contributed by atoms with Crippen LogP contribution in [0.3, 0.4) is 0 Å². The first-order valence-electron chi connectivity index (χ1n) is 10.7. The van der Waals surface area contributed by atoms with Crippen molar-refractivity contribution in [1.29, 1.82) is 0 Å². The zero-order valence-electron chi connectivity index (χ0n) is 19.0. The van der Waals surface area contributed by atoms with Crippen molar-refractivity contribution in [3.63, 3.8) is 0 Å². The maximum atomic E-state index is 12.9. The van der Waals surface area contributed by atoms with Crippen molar-refractivity contribution >= 4 is 35.4 Å². The molecule has 0 N–H and O–H groups in total. The van der Waals surface area contributed by atoms with Gasteiger partial charge in [-0.25, -0.2) is 9.59 Å². The van der Waals surface area contributed by atoms with E-state index < -0.39 is 18.0 Å². The van der Waals surface area contributed by atoms with E-state index in [1.165, 1.54) is 7.11 Å². The number of fused-ring (bicyclic) bond motifs is 1. The van der Waals surface area contributed by atoms with Crippen LogP contribution in [-0.2, 0) is 19.1 Å². The minimum absolute atomic E-state index is 0.0439. The first-order chi connectivity index (χ1) is 15.7. The van der Waals surface area contributed by atoms with Gasteiger partial charge in [0.2, 0.25) is 11.7 Å². The van der Waals surface area contributed by atoms with Crippen LogP contribution in [0.1, 0.15) is 51.9 Å². The van der Waals surface area contributed by atoms with Crippen LogP contribution in [0.5, 0.6) is 0 Å². The number of ketones is 1. The molecule has 0 spiro atoms. The van der Waals surface area contributed by atoms with E-state index in [1.54, 1.807) is 47.0 Å². The number of carbonyl (C=O) groups excluding carboxylic acids is 4. The molecule has 2 aliphatic heterocycles. The van der Waals surface area contributed by atoms with Gasteiger partial charge < -0.3 is 18.9 Å². The van der Waals surface area contributed by atoms with Gasteiger partial charge in [0.25, 0.3) is 0 Å². The molecule has 0 saturated carbocycles. The number of aryl methyl sites for hydroxylation is 1. The third-order valence-electron chi connectivity index (χ3n) is 6.34. The monoisotopic (exact) mass is 470 g/mol. The predicted molar refractivity (Wildman–Crippen MR) is 123 cm³/mol. The molecule has 0 bridgehead atoms. The Balaban J connectivity index is 1.46. The number of Topliss-reactive ketones (excluding diaryl/α,β-unsaturated/α-hetero) is 1. The van der Waals surface area contributed by atoms with Crippen LogP contribution >= 0.6 is 11.8 Å². The Labute approximate surface area is 196 Å². The molecule has 1 aromatic carbocycles. The molecule has 2 fully saturated rings. The first-order valence-corrected chi connectivity index (χ1v) is 11.7. The maximum Gasteiger partial charge on any atom is 0.337 e. The van der Waals surface area contributed by atoms with Gasteiger partial charge in [-0.15, -0.1) is 11.8 Å². The summed E-state index contributed by atoms with van der Waals surface area (Å²) >= 11 is 1.58. The number of rotatable bonds is 6. The Bertz CT molecular complexity index is 1140. The number of methoxy groups -OCH3 is 1. The lowest BCUT2D eigenvalue weighted by molar-refractivity contribution is -0.152. The molecular weight excluding hydrogens is 444 g/mol. The Morgan fingerprint density at radius 3 is 2.55 bits per heavy atom. The molecular formula is C24H26N2O6S. The van der Waals surface area contributed by atoms with Crippen molar-refractivity contribution in [3.8, 4) is 5.69 Å². The highest BCUT2D eigenvalue weighted by Gasteiger charge is 2.53. The molecule has 2 atom stereocenters. The summed E-state index contributed by atoms with van der Waals surface area (Å²) in [7, 11) is 1.33. The number of amides is 1. The molecule has 174 valence electrons. The number of thioether (sulfide) groups is 1. The molecule has 8 nitrogen and oxygen atoms in total. The SMILES string of the molecule is COC(=O)c1ccc(-n2c(C)cc(C(=O)COC(=O)[C@@H]3CS[C@@]4(C)CCC(=O)N34)c2C)cc1. The summed E-state index contributed by atoms with van der Waals surface area (Å²) < 4.78 is 12.0. The second-order valence-electron chi connectivity index (χ2n) is 8.46. The summed E-state index contributed by atoms with van der Waals surface area (Å²) in [5, 5.41) is 0. The summed E-state index contributed by atoms with van der Waals surface area (Å²) in [5.41, 5.74) is 3.23. The summed E-state index contributed by atoms with van der Waals surface area (Å²) in [6, 6.07) is 7.99. The smallest absolute Gasteiger partial charge is 0.337 e. The van der Waals surface area contributed by atoms with Crippen molar-refractivity contribution in [2.45, 2.75) is 44.5 Å². The van der Waals surface area contributed by atoms with Gasteiger partial charge in [0.1, 0.15) is 6.04 Å². The lowest BCUT2D eigenvalue weighted by atomic mass is 10.1. The molecule has 2 saturated heterocycles. The number of benzene rings is 1. The lowest BCUT2D eigenvalue weighted by Crippen LogP contribution is -2.46. The number of hydrogen-bond donors (Lipinski definition) is 0. The van der Waals surface area contributed by atoms with E-state index in [4.69, 9.17) is 9.47 Å². The van der Waals surface area contributed by atoms with Crippen molar-refractivity contribution < 1.29 is 28.7 Å². The van der Waals surface area contributed by atoms with Crippen molar-refractivity contribution in [2.24, 2.45) is 0 Å². The van der Waals surface area contributed by atoms with Gasteiger partial charge in [0.15, 0.2) is 6.61 Å². The Morgan fingerprint density at radius 1 is 1.18 bits per heavy atom. The van der Waals surface area contributed by atoms with Crippen LogP contribution in [0, 0.1) is 13.8 Å². The van der Waals surface area contributed by atoms with Crippen LogP contribution in [0.4, 0.5) is 0 Å². The van der Waals surface area contributed by atoms with E-state index in [1.807, 2.05) is 25.3 Å². The van der Waals surface area contributed by atoms with Crippen LogP contribution in [0.15, 0.2) is 30.3 Å². The van der Waals surface area contributed by atoms with E-state index in [2.05, 4.69) is 0 Å². The predicted octanol–water partition coefficient (Wildman–Crippen LogP) is 3.06. The van der Waals surface area contributed by atoms with Crippen LogP contribution in [-0.4, -0.2) is 63.5 Å². The van der Waals surface area contributed by atoms with E-state index in [9.17, 15) is 19.2 Å². The van der Waals surface area contributed by atoms with Gasteiger partial charge in [0, 0.05) is 34.8 Å². The minimum atomic E-state index is -0.649. The molecule has 2 aliphatic rings. The molecule has 0 radical (unpaired) electrons. The van der Waals surface area contributed by atoms with E-state index in [0.29, 0.717) is 35.4 Å². The van der Waals surface area contributed by atoms with Crippen LogP contribution < -0.4 is 0 Å². The normalized spacial score (nSPS) is 21.8. The number of ether oxygens (including phenoxy) is 2. The summed E-state index contributed by atoms with van der Waals surface area (Å²) in [6.45, 7) is 5.27. The van der Waals surface area contributed by atoms with Gasteiger partial charge >= 0.3 is 11.9 Å². The first kappa shape index (κ1) is 23.1. The molecule has 3 heterocycles. The molecule has 0 aliphatic carbocycles. The minimum Gasteiger partial charge on any atom is -0.465 e. The van der Waals surface area contributed by atoms with Crippen molar-refractivity contribution in [3.05, 3.63) is 52.8 Å². The molecule has 1 aromatic heterocycles. The highest BCUT2D eigenvalue weighted by molar-refractivity contribution is 8.01. The number of hydrogen-bond acceptors (Lipinski definition) is 7. The summed E-state index contributed by atoms with van der Waals surface area (Å²) in [4.78, 5) is 50.7. The zero-order chi connectivity index (χ0) is 23.9.